The highest BCUT2D eigenvalue weighted by atomic mass is 16.2. The first-order valence-corrected chi connectivity index (χ1v) is 4.21. The summed E-state index contributed by atoms with van der Waals surface area (Å²) >= 11 is 0. The lowest BCUT2D eigenvalue weighted by molar-refractivity contribution is 0.0829. The first-order valence-electron chi connectivity index (χ1n) is 4.21. The van der Waals surface area contributed by atoms with E-state index in [9.17, 15) is 4.79 Å². The SMILES string of the molecule is CN(C)C(=O)c1cccc2n[nH]nc12. The van der Waals surface area contributed by atoms with E-state index in [0.29, 0.717) is 16.6 Å². The van der Waals surface area contributed by atoms with Crippen LogP contribution in [-0.2, 0) is 0 Å². The molecule has 2 rings (SSSR count). The lowest BCUT2D eigenvalue weighted by Gasteiger charge is -2.09. The standard InChI is InChI=1S/C9H10N4O/c1-13(2)9(14)6-4-3-5-7-8(6)11-12-10-7/h3-5H,1-2H3,(H,10,11,12). The number of rotatable bonds is 1. The second-order valence-corrected chi connectivity index (χ2v) is 3.20. The lowest BCUT2D eigenvalue weighted by Crippen LogP contribution is -2.21. The number of nitrogens with zero attached hydrogens (tertiary/aromatic N) is 3. The van der Waals surface area contributed by atoms with Gasteiger partial charge in [-0.1, -0.05) is 6.07 Å². The molecule has 0 saturated carbocycles. The van der Waals surface area contributed by atoms with Gasteiger partial charge >= 0.3 is 0 Å². The van der Waals surface area contributed by atoms with Crippen molar-refractivity contribution >= 4 is 16.9 Å². The topological polar surface area (TPSA) is 61.9 Å². The highest BCUT2D eigenvalue weighted by molar-refractivity contribution is 6.04. The van der Waals surface area contributed by atoms with Crippen LogP contribution in [0.15, 0.2) is 18.2 Å². The molecule has 0 bridgehead atoms. The van der Waals surface area contributed by atoms with E-state index in [1.807, 2.05) is 6.07 Å². The van der Waals surface area contributed by atoms with Gasteiger partial charge in [-0.15, -0.1) is 0 Å². The van der Waals surface area contributed by atoms with Crippen LogP contribution in [0.4, 0.5) is 0 Å². The first kappa shape index (κ1) is 8.68. The zero-order valence-electron chi connectivity index (χ0n) is 7.98. The van der Waals surface area contributed by atoms with Gasteiger partial charge in [0.2, 0.25) is 0 Å². The largest absolute Gasteiger partial charge is 0.345 e. The molecule has 0 radical (unpaired) electrons. The third-order valence-electron chi connectivity index (χ3n) is 1.98. The number of amides is 1. The van der Waals surface area contributed by atoms with Gasteiger partial charge < -0.3 is 4.90 Å². The van der Waals surface area contributed by atoms with Crippen molar-refractivity contribution in [1.29, 1.82) is 0 Å². The molecule has 1 N–H and O–H groups in total. The Labute approximate surface area is 80.7 Å². The van der Waals surface area contributed by atoms with Crippen molar-refractivity contribution in [3.05, 3.63) is 23.8 Å². The number of hydrogen-bond donors (Lipinski definition) is 1. The molecule has 0 unspecified atom stereocenters. The smallest absolute Gasteiger partial charge is 0.255 e. The predicted molar refractivity (Wildman–Crippen MR) is 51.9 cm³/mol. The highest BCUT2D eigenvalue weighted by Crippen LogP contribution is 2.14. The first-order chi connectivity index (χ1) is 6.70. The molecule has 0 spiro atoms. The number of carbonyl (C=O) groups excluding carboxylic acids is 1. The average molecular weight is 190 g/mol. The van der Waals surface area contributed by atoms with E-state index in [1.54, 1.807) is 26.2 Å². The third-order valence-corrected chi connectivity index (χ3v) is 1.98. The average Bonchev–Trinajstić information content (AvgIpc) is 2.63. The molecule has 1 aromatic carbocycles. The van der Waals surface area contributed by atoms with Gasteiger partial charge in [0, 0.05) is 14.1 Å². The molecule has 1 aromatic heterocycles. The van der Waals surface area contributed by atoms with Crippen LogP contribution in [0, 0.1) is 0 Å². The maximum atomic E-state index is 11.7. The summed E-state index contributed by atoms with van der Waals surface area (Å²) in [6.45, 7) is 0. The van der Waals surface area contributed by atoms with Crippen molar-refractivity contribution in [2.24, 2.45) is 0 Å². The number of aromatic amines is 1. The monoisotopic (exact) mass is 190 g/mol. The molecule has 14 heavy (non-hydrogen) atoms. The zero-order valence-corrected chi connectivity index (χ0v) is 7.98. The van der Waals surface area contributed by atoms with E-state index in [2.05, 4.69) is 15.4 Å². The number of carbonyl (C=O) groups is 1. The summed E-state index contributed by atoms with van der Waals surface area (Å²) in [5.74, 6) is -0.0653. The number of fused-ring (bicyclic) bond motifs is 1. The van der Waals surface area contributed by atoms with Crippen molar-refractivity contribution in [3.63, 3.8) is 0 Å². The number of nitrogens with one attached hydrogen (secondary N) is 1. The quantitative estimate of drug-likeness (QED) is 0.718. The number of benzene rings is 1. The Morgan fingerprint density at radius 1 is 1.36 bits per heavy atom. The van der Waals surface area contributed by atoms with Gasteiger partial charge in [0.05, 0.1) is 5.56 Å². The van der Waals surface area contributed by atoms with Crippen molar-refractivity contribution in [3.8, 4) is 0 Å². The van der Waals surface area contributed by atoms with Crippen LogP contribution in [0.3, 0.4) is 0 Å². The fourth-order valence-corrected chi connectivity index (χ4v) is 1.28. The molecule has 0 fully saturated rings. The van der Waals surface area contributed by atoms with Gasteiger partial charge in [-0.25, -0.2) is 0 Å². The van der Waals surface area contributed by atoms with Crippen LogP contribution in [0.2, 0.25) is 0 Å². The van der Waals surface area contributed by atoms with Crippen molar-refractivity contribution in [1.82, 2.24) is 20.3 Å². The zero-order chi connectivity index (χ0) is 10.1. The van der Waals surface area contributed by atoms with Crippen molar-refractivity contribution in [2.75, 3.05) is 14.1 Å². The van der Waals surface area contributed by atoms with E-state index in [0.717, 1.165) is 0 Å². The summed E-state index contributed by atoms with van der Waals surface area (Å²) in [5.41, 5.74) is 1.89. The second-order valence-electron chi connectivity index (χ2n) is 3.20. The van der Waals surface area contributed by atoms with E-state index in [1.165, 1.54) is 4.90 Å². The van der Waals surface area contributed by atoms with Gasteiger partial charge in [-0.05, 0) is 12.1 Å². The predicted octanol–water partition coefficient (Wildman–Crippen LogP) is 0.660. The Bertz CT molecular complexity index is 474. The molecule has 1 heterocycles. The summed E-state index contributed by atoms with van der Waals surface area (Å²) in [5, 5.41) is 10.4. The fourth-order valence-electron chi connectivity index (χ4n) is 1.28. The summed E-state index contributed by atoms with van der Waals surface area (Å²) in [6, 6.07) is 5.35. The number of hydrogen-bond acceptors (Lipinski definition) is 3. The van der Waals surface area contributed by atoms with E-state index < -0.39 is 0 Å². The van der Waals surface area contributed by atoms with Crippen LogP contribution in [0.5, 0.6) is 0 Å². The molecule has 0 atom stereocenters. The Kier molecular flexibility index (Phi) is 1.92. The minimum Gasteiger partial charge on any atom is -0.345 e. The normalized spacial score (nSPS) is 10.4. The summed E-state index contributed by atoms with van der Waals surface area (Å²) in [7, 11) is 3.42. The van der Waals surface area contributed by atoms with Crippen LogP contribution >= 0.6 is 0 Å². The fraction of sp³-hybridized carbons (Fsp3) is 0.222. The molecule has 72 valence electrons. The molecule has 0 aliphatic heterocycles. The Morgan fingerprint density at radius 3 is 2.86 bits per heavy atom. The summed E-state index contributed by atoms with van der Waals surface area (Å²) < 4.78 is 0. The van der Waals surface area contributed by atoms with Crippen molar-refractivity contribution < 1.29 is 4.79 Å². The molecule has 2 aromatic rings. The van der Waals surface area contributed by atoms with Crippen LogP contribution < -0.4 is 0 Å². The minimum atomic E-state index is -0.0653. The lowest BCUT2D eigenvalue weighted by atomic mass is 10.1. The summed E-state index contributed by atoms with van der Waals surface area (Å²) in [4.78, 5) is 13.2. The van der Waals surface area contributed by atoms with Gasteiger partial charge in [0.15, 0.2) is 0 Å². The Balaban J connectivity index is 2.62. The molecule has 0 aliphatic carbocycles. The van der Waals surface area contributed by atoms with Crippen LogP contribution in [-0.4, -0.2) is 40.3 Å². The highest BCUT2D eigenvalue weighted by Gasteiger charge is 2.13. The van der Waals surface area contributed by atoms with Gasteiger partial charge in [0.1, 0.15) is 11.0 Å². The van der Waals surface area contributed by atoms with Crippen LogP contribution in [0.25, 0.3) is 11.0 Å². The Morgan fingerprint density at radius 2 is 2.14 bits per heavy atom. The number of aromatic nitrogens is 3. The van der Waals surface area contributed by atoms with Gasteiger partial charge in [0.25, 0.3) is 5.91 Å². The maximum absolute atomic E-state index is 11.7. The van der Waals surface area contributed by atoms with Gasteiger partial charge in [-0.3, -0.25) is 4.79 Å². The minimum absolute atomic E-state index is 0.0653. The molecule has 0 aliphatic rings. The van der Waals surface area contributed by atoms with Crippen LogP contribution in [0.1, 0.15) is 10.4 Å². The van der Waals surface area contributed by atoms with E-state index >= 15 is 0 Å². The maximum Gasteiger partial charge on any atom is 0.255 e. The number of H-pyrrole nitrogens is 1. The molecule has 0 saturated heterocycles. The third kappa shape index (κ3) is 1.22. The molecular weight excluding hydrogens is 180 g/mol. The molecule has 5 heteroatoms. The molecule has 1 amide bonds. The van der Waals surface area contributed by atoms with E-state index in [4.69, 9.17) is 0 Å². The second kappa shape index (κ2) is 3.10. The van der Waals surface area contributed by atoms with E-state index in [-0.39, 0.29) is 5.91 Å². The van der Waals surface area contributed by atoms with Gasteiger partial charge in [-0.2, -0.15) is 15.4 Å². The number of para-hydroxylation sites is 1. The summed E-state index contributed by atoms with van der Waals surface area (Å²) in [6.07, 6.45) is 0. The molecular formula is C9H10N4O. The molecule has 5 nitrogen and oxygen atoms in total. The Hall–Kier alpha value is -1.91. The van der Waals surface area contributed by atoms with Crippen molar-refractivity contribution in [2.45, 2.75) is 0 Å².